The highest BCUT2D eigenvalue weighted by molar-refractivity contribution is 7.90. The molecule has 5 heteroatoms. The van der Waals surface area contributed by atoms with E-state index in [1.165, 1.54) is 0 Å². The molecule has 0 radical (unpaired) electrons. The lowest BCUT2D eigenvalue weighted by Gasteiger charge is -2.11. The predicted octanol–water partition coefficient (Wildman–Crippen LogP) is 4.02. The van der Waals surface area contributed by atoms with Crippen molar-refractivity contribution < 1.29 is 12.9 Å². The smallest absolute Gasteiger partial charge is 0.167 e. The van der Waals surface area contributed by atoms with E-state index < -0.39 is 15.1 Å². The summed E-state index contributed by atoms with van der Waals surface area (Å²) in [6.07, 6.45) is 0. The fraction of sp³-hybridized carbons (Fsp3) is 0.167. The van der Waals surface area contributed by atoms with E-state index in [9.17, 15) is 8.42 Å². The van der Waals surface area contributed by atoms with Crippen molar-refractivity contribution in [3.05, 3.63) is 78.0 Å². The van der Waals surface area contributed by atoms with Crippen LogP contribution in [0.3, 0.4) is 0 Å². The van der Waals surface area contributed by atoms with Crippen LogP contribution in [0.15, 0.2) is 71.3 Å². The van der Waals surface area contributed by atoms with E-state index in [2.05, 4.69) is 5.16 Å². The van der Waals surface area contributed by atoms with Gasteiger partial charge in [-0.2, -0.15) is 0 Å². The largest absolute Gasteiger partial charge is 0.356 e. The Bertz CT molecular complexity index is 871. The van der Waals surface area contributed by atoms with Crippen molar-refractivity contribution in [3.8, 4) is 11.3 Å². The van der Waals surface area contributed by atoms with Gasteiger partial charge in [0.2, 0.25) is 0 Å². The number of nitrogens with zero attached hydrogens (tertiary/aromatic N) is 1. The summed E-state index contributed by atoms with van der Waals surface area (Å²) in [6, 6.07) is 20.4. The van der Waals surface area contributed by atoms with Crippen molar-refractivity contribution in [2.24, 2.45) is 0 Å². The lowest BCUT2D eigenvalue weighted by atomic mass is 10.2. The minimum atomic E-state index is -3.36. The Kier molecular flexibility index (Phi) is 4.30. The van der Waals surface area contributed by atoms with Gasteiger partial charge in [-0.1, -0.05) is 65.8 Å². The van der Waals surface area contributed by atoms with Crippen LogP contribution in [0.2, 0.25) is 0 Å². The predicted molar refractivity (Wildman–Crippen MR) is 89.4 cm³/mol. The van der Waals surface area contributed by atoms with Gasteiger partial charge in [-0.3, -0.25) is 0 Å². The van der Waals surface area contributed by atoms with E-state index in [4.69, 9.17) is 4.52 Å². The normalized spacial score (nSPS) is 12.9. The van der Waals surface area contributed by atoms with Crippen LogP contribution in [-0.4, -0.2) is 13.6 Å². The fourth-order valence-electron chi connectivity index (χ4n) is 2.38. The Morgan fingerprint density at radius 1 is 1.00 bits per heavy atom. The number of benzene rings is 2. The molecule has 118 valence electrons. The van der Waals surface area contributed by atoms with Gasteiger partial charge in [0.15, 0.2) is 15.6 Å². The van der Waals surface area contributed by atoms with E-state index in [0.29, 0.717) is 11.5 Å². The summed E-state index contributed by atoms with van der Waals surface area (Å²) in [7, 11) is -3.36. The number of sulfone groups is 1. The highest BCUT2D eigenvalue weighted by atomic mass is 32.2. The van der Waals surface area contributed by atoms with Crippen LogP contribution < -0.4 is 0 Å². The van der Waals surface area contributed by atoms with Crippen molar-refractivity contribution in [1.29, 1.82) is 0 Å². The molecule has 0 aliphatic rings. The molecule has 2 aromatic carbocycles. The highest BCUT2D eigenvalue weighted by Gasteiger charge is 2.24. The van der Waals surface area contributed by atoms with Gasteiger partial charge in [0, 0.05) is 11.6 Å². The molecule has 1 atom stereocenters. The Morgan fingerprint density at radius 3 is 2.26 bits per heavy atom. The Balaban J connectivity index is 1.80. The molecule has 0 aliphatic carbocycles. The molecule has 0 saturated carbocycles. The van der Waals surface area contributed by atoms with Crippen LogP contribution in [0.1, 0.15) is 23.4 Å². The van der Waals surface area contributed by atoms with Gasteiger partial charge in [-0.15, -0.1) is 0 Å². The molecular formula is C18H17NO3S. The van der Waals surface area contributed by atoms with Crippen LogP contribution >= 0.6 is 0 Å². The second kappa shape index (κ2) is 6.38. The molecule has 3 aromatic rings. The first kappa shape index (κ1) is 15.5. The Labute approximate surface area is 135 Å². The van der Waals surface area contributed by atoms with E-state index in [0.717, 1.165) is 11.1 Å². The summed E-state index contributed by atoms with van der Waals surface area (Å²) in [5.74, 6) is 0.433. The minimum absolute atomic E-state index is 0.139. The number of hydrogen-bond acceptors (Lipinski definition) is 4. The molecule has 23 heavy (non-hydrogen) atoms. The fourth-order valence-corrected chi connectivity index (χ4v) is 3.75. The second-order valence-electron chi connectivity index (χ2n) is 5.41. The minimum Gasteiger partial charge on any atom is -0.356 e. The maximum atomic E-state index is 12.6. The van der Waals surface area contributed by atoms with Crippen molar-refractivity contribution >= 4 is 9.84 Å². The average Bonchev–Trinajstić information content (AvgIpc) is 3.03. The summed E-state index contributed by atoms with van der Waals surface area (Å²) in [5, 5.41) is 3.32. The zero-order valence-corrected chi connectivity index (χ0v) is 13.5. The van der Waals surface area contributed by atoms with Crippen molar-refractivity contribution in [1.82, 2.24) is 5.16 Å². The van der Waals surface area contributed by atoms with E-state index >= 15 is 0 Å². The summed E-state index contributed by atoms with van der Waals surface area (Å²) in [6.45, 7) is 1.70. The summed E-state index contributed by atoms with van der Waals surface area (Å²) in [4.78, 5) is 0. The van der Waals surface area contributed by atoms with Gasteiger partial charge in [-0.25, -0.2) is 8.42 Å². The van der Waals surface area contributed by atoms with Gasteiger partial charge in [-0.05, 0) is 12.5 Å². The van der Waals surface area contributed by atoms with E-state index in [1.54, 1.807) is 13.0 Å². The number of aromatic nitrogens is 1. The lowest BCUT2D eigenvalue weighted by Crippen LogP contribution is -2.13. The molecular weight excluding hydrogens is 310 g/mol. The summed E-state index contributed by atoms with van der Waals surface area (Å²) < 4.78 is 30.4. The number of rotatable bonds is 5. The van der Waals surface area contributed by atoms with Crippen LogP contribution in [0.4, 0.5) is 0 Å². The van der Waals surface area contributed by atoms with E-state index in [-0.39, 0.29) is 5.75 Å². The maximum Gasteiger partial charge on any atom is 0.167 e. The van der Waals surface area contributed by atoms with Crippen molar-refractivity contribution in [2.75, 3.05) is 0 Å². The molecule has 0 unspecified atom stereocenters. The summed E-state index contributed by atoms with van der Waals surface area (Å²) >= 11 is 0. The van der Waals surface area contributed by atoms with Gasteiger partial charge in [0.05, 0.1) is 16.7 Å². The van der Waals surface area contributed by atoms with Gasteiger partial charge >= 0.3 is 0 Å². The standard InChI is InChI=1S/C18H17NO3S/c1-14(15-8-4-2-5-9-15)23(20,21)13-17-12-18(22-19-17)16-10-6-3-7-11-16/h2-12,14H,13H2,1H3/t14-/m1/s1. The monoisotopic (exact) mass is 327 g/mol. The Morgan fingerprint density at radius 2 is 1.61 bits per heavy atom. The quantitative estimate of drug-likeness (QED) is 0.710. The SMILES string of the molecule is C[C@H](c1ccccc1)S(=O)(=O)Cc1cc(-c2ccccc2)on1. The van der Waals surface area contributed by atoms with Crippen molar-refractivity contribution in [2.45, 2.75) is 17.9 Å². The third-order valence-corrected chi connectivity index (χ3v) is 5.82. The number of hydrogen-bond donors (Lipinski definition) is 0. The summed E-state index contributed by atoms with van der Waals surface area (Å²) in [5.41, 5.74) is 2.07. The molecule has 0 N–H and O–H groups in total. The van der Waals surface area contributed by atoms with Crippen LogP contribution in [-0.2, 0) is 15.6 Å². The molecule has 0 aliphatic heterocycles. The highest BCUT2D eigenvalue weighted by Crippen LogP contribution is 2.26. The Hall–Kier alpha value is -2.40. The first-order valence-electron chi connectivity index (χ1n) is 7.34. The third-order valence-electron chi connectivity index (χ3n) is 3.77. The third kappa shape index (κ3) is 3.51. The van der Waals surface area contributed by atoms with E-state index in [1.807, 2.05) is 60.7 Å². The molecule has 4 nitrogen and oxygen atoms in total. The van der Waals surface area contributed by atoms with Gasteiger partial charge in [0.25, 0.3) is 0 Å². The average molecular weight is 327 g/mol. The second-order valence-corrected chi connectivity index (χ2v) is 7.73. The molecule has 0 spiro atoms. The zero-order valence-electron chi connectivity index (χ0n) is 12.7. The first-order chi connectivity index (χ1) is 11.1. The zero-order chi connectivity index (χ0) is 16.3. The van der Waals surface area contributed by atoms with Crippen LogP contribution in [0.25, 0.3) is 11.3 Å². The van der Waals surface area contributed by atoms with Crippen molar-refractivity contribution in [3.63, 3.8) is 0 Å². The van der Waals surface area contributed by atoms with Crippen LogP contribution in [0.5, 0.6) is 0 Å². The molecule has 0 bridgehead atoms. The maximum absolute atomic E-state index is 12.6. The molecule has 1 aromatic heterocycles. The first-order valence-corrected chi connectivity index (χ1v) is 9.05. The van der Waals surface area contributed by atoms with Gasteiger partial charge in [0.1, 0.15) is 0 Å². The molecule has 1 heterocycles. The lowest BCUT2D eigenvalue weighted by molar-refractivity contribution is 0.425. The van der Waals surface area contributed by atoms with Gasteiger partial charge < -0.3 is 4.52 Å². The molecule has 0 saturated heterocycles. The topological polar surface area (TPSA) is 60.2 Å². The molecule has 3 rings (SSSR count). The molecule has 0 amide bonds. The van der Waals surface area contributed by atoms with Crippen LogP contribution in [0, 0.1) is 0 Å². The molecule has 0 fully saturated rings.